The Morgan fingerprint density at radius 1 is 0.962 bits per heavy atom. The summed E-state index contributed by atoms with van der Waals surface area (Å²) in [5.41, 5.74) is -0.270. The molecule has 0 radical (unpaired) electrons. The number of anilines is 1. The number of nitrogens with zero attached hydrogens (tertiary/aromatic N) is 1. The second kappa shape index (κ2) is 12.1. The summed E-state index contributed by atoms with van der Waals surface area (Å²) in [6.45, 7) is 5.27. The van der Waals surface area contributed by atoms with Gasteiger partial charge in [0, 0.05) is 11.4 Å². The van der Waals surface area contributed by atoms with Crippen LogP contribution in [-0.2, 0) is 6.42 Å². The molecular weight excluding hydrogens is 344 g/mol. The summed E-state index contributed by atoms with van der Waals surface area (Å²) in [5, 5.41) is 3.80. The van der Waals surface area contributed by atoms with Crippen LogP contribution < -0.4 is 10.9 Å². The second-order valence-corrected chi connectivity index (χ2v) is 8.21. The van der Waals surface area contributed by atoms with Crippen LogP contribution >= 0.6 is 11.3 Å². The molecule has 0 fully saturated rings. The van der Waals surface area contributed by atoms with Crippen LogP contribution in [0.2, 0.25) is 0 Å². The van der Waals surface area contributed by atoms with Crippen LogP contribution in [-0.4, -0.2) is 11.5 Å². The van der Waals surface area contributed by atoms with E-state index in [9.17, 15) is 4.79 Å². The number of thiophene rings is 1. The molecule has 0 unspecified atom stereocenters. The van der Waals surface area contributed by atoms with Crippen LogP contribution in [0.5, 0.6) is 0 Å². The molecule has 1 N–H and O–H groups in total. The van der Waals surface area contributed by atoms with Crippen LogP contribution in [0, 0.1) is 0 Å². The van der Waals surface area contributed by atoms with Crippen molar-refractivity contribution < 1.29 is 4.42 Å². The van der Waals surface area contributed by atoms with E-state index in [1.165, 1.54) is 69.1 Å². The predicted molar refractivity (Wildman–Crippen MR) is 112 cm³/mol. The van der Waals surface area contributed by atoms with Gasteiger partial charge in [0.2, 0.25) is 0 Å². The maximum absolute atomic E-state index is 12.2. The predicted octanol–water partition coefficient (Wildman–Crippen LogP) is 6.53. The number of fused-ring (bicyclic) bond motifs is 1. The Bertz CT molecular complexity index is 693. The molecule has 0 amide bonds. The Morgan fingerprint density at radius 3 is 2.35 bits per heavy atom. The van der Waals surface area contributed by atoms with Crippen LogP contribution in [0.4, 0.5) is 6.01 Å². The smallest absolute Gasteiger partial charge is 0.349 e. The summed E-state index contributed by atoms with van der Waals surface area (Å²) in [4.78, 5) is 18.7. The summed E-state index contributed by atoms with van der Waals surface area (Å²) in [6.07, 6.45) is 14.8. The zero-order valence-corrected chi connectivity index (χ0v) is 17.3. The minimum atomic E-state index is -0.270. The minimum absolute atomic E-state index is 0.270. The van der Waals surface area contributed by atoms with E-state index in [1.807, 2.05) is 6.07 Å². The maximum Gasteiger partial charge on any atom is 0.349 e. The molecular formula is C21H34N2O2S. The van der Waals surface area contributed by atoms with Crippen LogP contribution in [0.1, 0.15) is 89.4 Å². The van der Waals surface area contributed by atoms with E-state index in [0.717, 1.165) is 24.2 Å². The molecule has 0 spiro atoms. The van der Waals surface area contributed by atoms with E-state index in [0.29, 0.717) is 11.4 Å². The first-order valence-corrected chi connectivity index (χ1v) is 11.2. The monoisotopic (exact) mass is 378 g/mol. The van der Waals surface area contributed by atoms with Crippen molar-refractivity contribution in [1.29, 1.82) is 0 Å². The van der Waals surface area contributed by atoms with Gasteiger partial charge in [-0.25, -0.2) is 4.79 Å². The Kier molecular flexibility index (Phi) is 9.75. The van der Waals surface area contributed by atoms with Gasteiger partial charge >= 0.3 is 5.63 Å². The average Bonchev–Trinajstić information content (AvgIpc) is 3.04. The van der Waals surface area contributed by atoms with E-state index in [1.54, 1.807) is 11.3 Å². The molecule has 5 heteroatoms. The lowest BCUT2D eigenvalue weighted by atomic mass is 10.1. The topological polar surface area (TPSA) is 55.1 Å². The van der Waals surface area contributed by atoms with Crippen molar-refractivity contribution in [3.05, 3.63) is 21.4 Å². The van der Waals surface area contributed by atoms with Crippen molar-refractivity contribution in [2.75, 3.05) is 11.9 Å². The Balaban J connectivity index is 1.81. The van der Waals surface area contributed by atoms with Crippen molar-refractivity contribution in [2.45, 2.75) is 90.9 Å². The molecule has 0 aliphatic rings. The van der Waals surface area contributed by atoms with Crippen molar-refractivity contribution in [3.8, 4) is 0 Å². The van der Waals surface area contributed by atoms with Gasteiger partial charge in [0.25, 0.3) is 6.01 Å². The third-order valence-electron chi connectivity index (χ3n) is 4.71. The van der Waals surface area contributed by atoms with Crippen molar-refractivity contribution in [3.63, 3.8) is 0 Å². The van der Waals surface area contributed by atoms with E-state index >= 15 is 0 Å². The van der Waals surface area contributed by atoms with Gasteiger partial charge in [0.15, 0.2) is 0 Å². The third-order valence-corrected chi connectivity index (χ3v) is 5.80. The first-order chi connectivity index (χ1) is 12.7. The highest BCUT2D eigenvalue weighted by Gasteiger charge is 2.10. The van der Waals surface area contributed by atoms with Gasteiger partial charge in [0.05, 0.1) is 5.39 Å². The summed E-state index contributed by atoms with van der Waals surface area (Å²) < 4.78 is 5.34. The summed E-state index contributed by atoms with van der Waals surface area (Å²) in [7, 11) is 0. The highest BCUT2D eigenvalue weighted by molar-refractivity contribution is 7.18. The van der Waals surface area contributed by atoms with Gasteiger partial charge < -0.3 is 9.73 Å². The fraction of sp³-hybridized carbons (Fsp3) is 0.714. The third kappa shape index (κ3) is 7.10. The summed E-state index contributed by atoms with van der Waals surface area (Å²) in [5.74, 6) is 0. The molecule has 0 aromatic carbocycles. The fourth-order valence-corrected chi connectivity index (χ4v) is 4.17. The first-order valence-electron chi connectivity index (χ1n) is 10.4. The van der Waals surface area contributed by atoms with Gasteiger partial charge in [-0.3, -0.25) is 0 Å². The highest BCUT2D eigenvalue weighted by Crippen LogP contribution is 2.24. The SMILES string of the molecule is CCCCCCCCNc1nc2sc(CCCCCCC)cc2c(=O)o1. The molecule has 146 valence electrons. The normalized spacial score (nSPS) is 11.3. The molecule has 2 aromatic heterocycles. The lowest BCUT2D eigenvalue weighted by Crippen LogP contribution is -2.08. The molecule has 0 saturated heterocycles. The largest absolute Gasteiger partial charge is 0.389 e. The zero-order chi connectivity index (χ0) is 18.6. The fourth-order valence-electron chi connectivity index (χ4n) is 3.12. The molecule has 2 rings (SSSR count). The Morgan fingerprint density at radius 2 is 1.62 bits per heavy atom. The first kappa shape index (κ1) is 20.9. The molecule has 0 atom stereocenters. The number of hydrogen-bond donors (Lipinski definition) is 1. The Hall–Kier alpha value is -1.36. The number of rotatable bonds is 14. The summed E-state index contributed by atoms with van der Waals surface area (Å²) in [6, 6.07) is 2.34. The zero-order valence-electron chi connectivity index (χ0n) is 16.4. The molecule has 2 heterocycles. The van der Waals surface area contributed by atoms with Crippen LogP contribution in [0.15, 0.2) is 15.3 Å². The van der Waals surface area contributed by atoms with Crippen molar-refractivity contribution >= 4 is 27.6 Å². The second-order valence-electron chi connectivity index (χ2n) is 7.10. The van der Waals surface area contributed by atoms with Gasteiger partial charge in [-0.15, -0.1) is 11.3 Å². The van der Waals surface area contributed by atoms with E-state index in [2.05, 4.69) is 24.1 Å². The highest BCUT2D eigenvalue weighted by atomic mass is 32.1. The standard InChI is InChI=1S/C21H34N2O2S/c1-3-5-7-9-11-13-15-22-21-23-19-18(20(24)25-21)16-17(26-19)14-12-10-8-6-4-2/h16H,3-15H2,1-2H3,(H,22,23). The lowest BCUT2D eigenvalue weighted by Gasteiger charge is -2.03. The maximum atomic E-state index is 12.2. The van der Waals surface area contributed by atoms with Crippen LogP contribution in [0.25, 0.3) is 10.2 Å². The number of nitrogens with one attached hydrogen (secondary N) is 1. The number of aryl methyl sites for hydroxylation is 1. The lowest BCUT2D eigenvalue weighted by molar-refractivity contribution is 0.514. The Labute approximate surface area is 161 Å². The van der Waals surface area contributed by atoms with E-state index < -0.39 is 0 Å². The molecule has 0 bridgehead atoms. The van der Waals surface area contributed by atoms with Crippen LogP contribution in [0.3, 0.4) is 0 Å². The summed E-state index contributed by atoms with van der Waals surface area (Å²) >= 11 is 1.63. The molecule has 4 nitrogen and oxygen atoms in total. The quantitative estimate of drug-likeness (QED) is 0.379. The van der Waals surface area contributed by atoms with Crippen molar-refractivity contribution in [2.24, 2.45) is 0 Å². The molecule has 0 aliphatic heterocycles. The van der Waals surface area contributed by atoms with Gasteiger partial charge in [0.1, 0.15) is 4.83 Å². The molecule has 26 heavy (non-hydrogen) atoms. The van der Waals surface area contributed by atoms with Crippen molar-refractivity contribution in [1.82, 2.24) is 4.98 Å². The van der Waals surface area contributed by atoms with Gasteiger partial charge in [-0.05, 0) is 25.3 Å². The molecule has 2 aromatic rings. The molecule has 0 aliphatic carbocycles. The molecule has 0 saturated carbocycles. The number of hydrogen-bond acceptors (Lipinski definition) is 5. The van der Waals surface area contributed by atoms with Gasteiger partial charge in [-0.2, -0.15) is 4.98 Å². The van der Waals surface area contributed by atoms with E-state index in [-0.39, 0.29) is 5.63 Å². The average molecular weight is 379 g/mol. The number of aromatic nitrogens is 1. The number of unbranched alkanes of at least 4 members (excludes halogenated alkanes) is 9. The minimum Gasteiger partial charge on any atom is -0.389 e. The van der Waals surface area contributed by atoms with E-state index in [4.69, 9.17) is 4.42 Å². The van der Waals surface area contributed by atoms with Gasteiger partial charge in [-0.1, -0.05) is 71.6 Å².